The SMILES string of the molecule is CCc1oc(C(NC(=O)c2nc(CNC(=O)OC(C)(C)C)oc2CC)C(O)CC)nc1C. The molecular formula is C22H34N4O6. The number of nitrogens with zero attached hydrogens (tertiary/aromatic N) is 2. The molecule has 2 aromatic heterocycles. The van der Waals surface area contributed by atoms with Crippen molar-refractivity contribution in [2.45, 2.75) is 92.0 Å². The highest BCUT2D eigenvalue weighted by Crippen LogP contribution is 2.23. The minimum Gasteiger partial charge on any atom is -0.444 e. The first-order valence-electron chi connectivity index (χ1n) is 10.9. The lowest BCUT2D eigenvalue weighted by molar-refractivity contribution is 0.0518. The second-order valence-electron chi connectivity index (χ2n) is 8.43. The van der Waals surface area contributed by atoms with Gasteiger partial charge in [-0.15, -0.1) is 0 Å². The van der Waals surface area contributed by atoms with E-state index in [-0.39, 0.29) is 24.0 Å². The topological polar surface area (TPSA) is 140 Å². The lowest BCUT2D eigenvalue weighted by Crippen LogP contribution is -2.37. The van der Waals surface area contributed by atoms with E-state index in [1.807, 2.05) is 20.8 Å². The molecular weight excluding hydrogens is 416 g/mol. The van der Waals surface area contributed by atoms with Crippen LogP contribution in [0, 0.1) is 6.92 Å². The van der Waals surface area contributed by atoms with Gasteiger partial charge in [-0.25, -0.2) is 14.8 Å². The third-order valence-corrected chi connectivity index (χ3v) is 4.65. The average molecular weight is 451 g/mol. The van der Waals surface area contributed by atoms with Crippen molar-refractivity contribution in [3.05, 3.63) is 34.7 Å². The standard InChI is InChI=1S/C22H34N4O6/c1-8-13(27)17(20-24-12(4)14(9-2)31-20)26-19(28)18-15(10-3)30-16(25-18)11-23-21(29)32-22(5,6)7/h13,17,27H,8-11H2,1-7H3,(H,23,29)(H,26,28). The summed E-state index contributed by atoms with van der Waals surface area (Å²) in [7, 11) is 0. The molecule has 10 nitrogen and oxygen atoms in total. The smallest absolute Gasteiger partial charge is 0.408 e. The van der Waals surface area contributed by atoms with Crippen LogP contribution in [0.3, 0.4) is 0 Å². The largest absolute Gasteiger partial charge is 0.444 e. The molecule has 2 aromatic rings. The summed E-state index contributed by atoms with van der Waals surface area (Å²) in [6.07, 6.45) is -0.0533. The van der Waals surface area contributed by atoms with Gasteiger partial charge in [0, 0.05) is 12.8 Å². The zero-order valence-electron chi connectivity index (χ0n) is 19.9. The lowest BCUT2D eigenvalue weighted by atomic mass is 10.1. The van der Waals surface area contributed by atoms with Crippen LogP contribution in [0.2, 0.25) is 0 Å². The Kier molecular flexibility index (Phi) is 8.43. The van der Waals surface area contributed by atoms with Gasteiger partial charge in [0.1, 0.15) is 23.2 Å². The molecule has 0 aromatic carbocycles. The van der Waals surface area contributed by atoms with Crippen LogP contribution in [-0.4, -0.2) is 38.8 Å². The number of alkyl carbamates (subject to hydrolysis) is 1. The zero-order chi connectivity index (χ0) is 24.1. The molecule has 2 rings (SSSR count). The molecule has 10 heteroatoms. The summed E-state index contributed by atoms with van der Waals surface area (Å²) < 4.78 is 16.6. The van der Waals surface area contributed by atoms with Crippen molar-refractivity contribution in [2.24, 2.45) is 0 Å². The first-order valence-corrected chi connectivity index (χ1v) is 10.9. The van der Waals surface area contributed by atoms with Crippen molar-refractivity contribution in [1.82, 2.24) is 20.6 Å². The Labute approximate surface area is 188 Å². The maximum absolute atomic E-state index is 13.0. The molecule has 0 aliphatic carbocycles. The van der Waals surface area contributed by atoms with Crippen LogP contribution in [0.4, 0.5) is 4.79 Å². The quantitative estimate of drug-likeness (QED) is 0.528. The predicted octanol–water partition coefficient (Wildman–Crippen LogP) is 3.36. The maximum atomic E-state index is 13.0. The summed E-state index contributed by atoms with van der Waals surface area (Å²) in [5.41, 5.74) is 0.169. The van der Waals surface area contributed by atoms with Gasteiger partial charge < -0.3 is 29.3 Å². The molecule has 2 atom stereocenters. The fraction of sp³-hybridized carbons (Fsp3) is 0.636. The van der Waals surface area contributed by atoms with E-state index >= 15 is 0 Å². The molecule has 0 radical (unpaired) electrons. The number of aromatic nitrogens is 2. The Morgan fingerprint density at radius 1 is 1.09 bits per heavy atom. The van der Waals surface area contributed by atoms with Gasteiger partial charge in [-0.2, -0.15) is 0 Å². The number of nitrogens with one attached hydrogen (secondary N) is 2. The first-order chi connectivity index (χ1) is 15.0. The fourth-order valence-electron chi connectivity index (χ4n) is 3.03. The van der Waals surface area contributed by atoms with Crippen LogP contribution in [0.5, 0.6) is 0 Å². The normalized spacial score (nSPS) is 13.5. The molecule has 2 heterocycles. The van der Waals surface area contributed by atoms with E-state index in [4.69, 9.17) is 13.6 Å². The average Bonchev–Trinajstić information content (AvgIpc) is 3.31. The first kappa shape index (κ1) is 25.4. The molecule has 2 unspecified atom stereocenters. The number of carbonyl (C=O) groups excluding carboxylic acids is 2. The third-order valence-electron chi connectivity index (χ3n) is 4.65. The molecule has 0 aliphatic rings. The highest BCUT2D eigenvalue weighted by atomic mass is 16.6. The summed E-state index contributed by atoms with van der Waals surface area (Å²) in [6, 6.07) is -0.837. The van der Waals surface area contributed by atoms with Gasteiger partial charge in [-0.05, 0) is 34.1 Å². The Balaban J connectivity index is 2.18. The van der Waals surface area contributed by atoms with E-state index in [0.29, 0.717) is 30.8 Å². The van der Waals surface area contributed by atoms with Gasteiger partial charge in [0.2, 0.25) is 11.8 Å². The minimum absolute atomic E-state index is 0.0327. The molecule has 32 heavy (non-hydrogen) atoms. The summed E-state index contributed by atoms with van der Waals surface area (Å²) in [5.74, 6) is 0.960. The fourth-order valence-corrected chi connectivity index (χ4v) is 3.03. The Morgan fingerprint density at radius 3 is 2.28 bits per heavy atom. The molecule has 0 saturated carbocycles. The van der Waals surface area contributed by atoms with Crippen LogP contribution in [0.25, 0.3) is 0 Å². The Bertz CT molecular complexity index is 927. The molecule has 0 aliphatic heterocycles. The zero-order valence-corrected chi connectivity index (χ0v) is 19.9. The highest BCUT2D eigenvalue weighted by molar-refractivity contribution is 5.93. The van der Waals surface area contributed by atoms with Crippen molar-refractivity contribution in [3.8, 4) is 0 Å². The van der Waals surface area contributed by atoms with E-state index < -0.39 is 29.7 Å². The minimum atomic E-state index is -0.896. The molecule has 0 fully saturated rings. The van der Waals surface area contributed by atoms with Crippen molar-refractivity contribution < 1.29 is 28.3 Å². The van der Waals surface area contributed by atoms with Gasteiger partial charge in [0.25, 0.3) is 5.91 Å². The molecule has 3 N–H and O–H groups in total. The lowest BCUT2D eigenvalue weighted by Gasteiger charge is -2.20. The number of rotatable bonds is 9. The van der Waals surface area contributed by atoms with Gasteiger partial charge in [0.05, 0.1) is 18.3 Å². The van der Waals surface area contributed by atoms with E-state index in [1.165, 1.54) is 0 Å². The van der Waals surface area contributed by atoms with Gasteiger partial charge >= 0.3 is 6.09 Å². The molecule has 0 saturated heterocycles. The van der Waals surface area contributed by atoms with Crippen molar-refractivity contribution in [1.29, 1.82) is 0 Å². The van der Waals surface area contributed by atoms with Gasteiger partial charge in [0.15, 0.2) is 5.69 Å². The van der Waals surface area contributed by atoms with Crippen molar-refractivity contribution >= 4 is 12.0 Å². The van der Waals surface area contributed by atoms with E-state index in [1.54, 1.807) is 27.7 Å². The number of hydrogen-bond donors (Lipinski definition) is 3. The molecule has 0 bridgehead atoms. The van der Waals surface area contributed by atoms with Crippen molar-refractivity contribution in [2.75, 3.05) is 0 Å². The van der Waals surface area contributed by atoms with Crippen LogP contribution < -0.4 is 10.6 Å². The highest BCUT2D eigenvalue weighted by Gasteiger charge is 2.30. The number of amides is 2. The van der Waals surface area contributed by atoms with Gasteiger partial charge in [-0.3, -0.25) is 4.79 Å². The number of carbonyl (C=O) groups is 2. The predicted molar refractivity (Wildman–Crippen MR) is 116 cm³/mol. The molecule has 2 amide bonds. The van der Waals surface area contributed by atoms with Crippen LogP contribution in [0.15, 0.2) is 8.83 Å². The maximum Gasteiger partial charge on any atom is 0.408 e. The number of aryl methyl sites for hydroxylation is 3. The van der Waals surface area contributed by atoms with Crippen LogP contribution in [0.1, 0.15) is 93.5 Å². The number of aliphatic hydroxyl groups is 1. The number of aliphatic hydroxyl groups excluding tert-OH is 1. The number of hydrogen-bond acceptors (Lipinski definition) is 8. The summed E-state index contributed by atoms with van der Waals surface area (Å²) >= 11 is 0. The summed E-state index contributed by atoms with van der Waals surface area (Å²) in [4.78, 5) is 33.5. The second-order valence-corrected chi connectivity index (χ2v) is 8.43. The van der Waals surface area contributed by atoms with E-state index in [2.05, 4.69) is 20.6 Å². The summed E-state index contributed by atoms with van der Waals surface area (Å²) in [6.45, 7) is 12.6. The van der Waals surface area contributed by atoms with Crippen LogP contribution >= 0.6 is 0 Å². The van der Waals surface area contributed by atoms with Gasteiger partial charge in [-0.1, -0.05) is 20.8 Å². The number of oxazole rings is 2. The third kappa shape index (κ3) is 6.56. The number of ether oxygens (including phenoxy) is 1. The van der Waals surface area contributed by atoms with E-state index in [9.17, 15) is 14.7 Å². The molecule has 178 valence electrons. The summed E-state index contributed by atoms with van der Waals surface area (Å²) in [5, 5.41) is 15.8. The van der Waals surface area contributed by atoms with Crippen molar-refractivity contribution in [3.63, 3.8) is 0 Å². The van der Waals surface area contributed by atoms with E-state index in [0.717, 1.165) is 5.69 Å². The van der Waals surface area contributed by atoms with Crippen LogP contribution in [-0.2, 0) is 24.1 Å². The second kappa shape index (κ2) is 10.6. The monoisotopic (exact) mass is 450 g/mol. The molecule has 0 spiro atoms. The Morgan fingerprint density at radius 2 is 1.75 bits per heavy atom. The Hall–Kier alpha value is -2.88.